The molecule has 0 saturated carbocycles. The highest BCUT2D eigenvalue weighted by Crippen LogP contribution is 2.39. The Morgan fingerprint density at radius 1 is 1.35 bits per heavy atom. The molecule has 0 fully saturated rings. The average molecular weight is 438 g/mol. The highest BCUT2D eigenvalue weighted by molar-refractivity contribution is 8.03. The van der Waals surface area contributed by atoms with Crippen LogP contribution in [0.4, 0.5) is 5.69 Å². The fourth-order valence-corrected chi connectivity index (χ4v) is 4.15. The number of aryl methyl sites for hydroxylation is 1. The van der Waals surface area contributed by atoms with Crippen LogP contribution in [0.3, 0.4) is 0 Å². The second-order valence-corrected chi connectivity index (χ2v) is 7.96. The van der Waals surface area contributed by atoms with Crippen molar-refractivity contribution in [2.75, 3.05) is 17.7 Å². The molecule has 0 spiro atoms. The first-order chi connectivity index (χ1) is 14.9. The lowest BCUT2D eigenvalue weighted by Crippen LogP contribution is -2.31. The number of nitrogens with zero attached hydrogens (tertiary/aromatic N) is 1. The first-order valence-electron chi connectivity index (χ1n) is 9.81. The summed E-state index contributed by atoms with van der Waals surface area (Å²) < 4.78 is 5.43. The molecule has 0 aromatic heterocycles. The van der Waals surface area contributed by atoms with Crippen LogP contribution < -0.4 is 15.4 Å². The van der Waals surface area contributed by atoms with Crippen molar-refractivity contribution < 1.29 is 19.4 Å². The number of anilines is 1. The minimum Gasteiger partial charge on any atom is -0.504 e. The van der Waals surface area contributed by atoms with Crippen molar-refractivity contribution in [2.45, 2.75) is 26.2 Å². The summed E-state index contributed by atoms with van der Waals surface area (Å²) in [6.45, 7) is 4.08. The number of nitrogens with one attached hydrogen (secondary N) is 2. The van der Waals surface area contributed by atoms with Crippen molar-refractivity contribution in [2.24, 2.45) is 0 Å². The molecule has 0 saturated heterocycles. The van der Waals surface area contributed by atoms with Crippen LogP contribution in [0.5, 0.6) is 11.5 Å². The van der Waals surface area contributed by atoms with Crippen molar-refractivity contribution in [1.82, 2.24) is 5.32 Å². The summed E-state index contributed by atoms with van der Waals surface area (Å²) in [5.41, 5.74) is 2.73. The Balaban J connectivity index is 1.80. The second-order valence-electron chi connectivity index (χ2n) is 6.97. The monoisotopic (exact) mass is 437 g/mol. The van der Waals surface area contributed by atoms with E-state index in [4.69, 9.17) is 4.74 Å². The van der Waals surface area contributed by atoms with Crippen molar-refractivity contribution in [3.63, 3.8) is 0 Å². The molecule has 3 N–H and O–H groups in total. The number of phenolic OH excluding ortho intramolecular Hbond substituents is 1. The van der Waals surface area contributed by atoms with Crippen molar-refractivity contribution in [3.8, 4) is 17.6 Å². The number of benzene rings is 2. The van der Waals surface area contributed by atoms with E-state index in [2.05, 4.69) is 16.7 Å². The van der Waals surface area contributed by atoms with Crippen LogP contribution in [0.25, 0.3) is 0 Å². The molecule has 0 radical (unpaired) electrons. The average Bonchev–Trinajstić information content (AvgIpc) is 2.75. The standard InChI is InChI=1S/C23H23N3O4S/c1-3-30-20-10-15(8-9-19(20)27)16-11-21(28)26-23(17(16)12-24)31-13-22(29)25-18-7-5-4-6-14(18)2/h4-10,16,27H,3,11,13H2,1-2H3,(H,25,29)(H,26,28). The number of thioether (sulfide) groups is 1. The van der Waals surface area contributed by atoms with E-state index in [-0.39, 0.29) is 29.7 Å². The van der Waals surface area contributed by atoms with Gasteiger partial charge < -0.3 is 20.5 Å². The lowest BCUT2D eigenvalue weighted by molar-refractivity contribution is -0.121. The number of allylic oxidation sites excluding steroid dienone is 1. The molecule has 7 nitrogen and oxygen atoms in total. The molecule has 2 aromatic rings. The molecule has 0 bridgehead atoms. The Morgan fingerprint density at radius 2 is 2.13 bits per heavy atom. The van der Waals surface area contributed by atoms with Gasteiger partial charge in [-0.3, -0.25) is 9.59 Å². The zero-order valence-electron chi connectivity index (χ0n) is 17.3. The van der Waals surface area contributed by atoms with Crippen LogP contribution in [-0.2, 0) is 9.59 Å². The van der Waals surface area contributed by atoms with E-state index >= 15 is 0 Å². The summed E-state index contributed by atoms with van der Waals surface area (Å²) in [7, 11) is 0. The maximum atomic E-state index is 12.4. The fraction of sp³-hybridized carbons (Fsp3) is 0.261. The third-order valence-corrected chi connectivity index (χ3v) is 5.83. The van der Waals surface area contributed by atoms with E-state index < -0.39 is 5.92 Å². The van der Waals surface area contributed by atoms with Crippen molar-refractivity contribution in [3.05, 3.63) is 64.2 Å². The van der Waals surface area contributed by atoms with Crippen molar-refractivity contribution >= 4 is 29.3 Å². The van der Waals surface area contributed by atoms with E-state index in [9.17, 15) is 20.0 Å². The molecule has 2 amide bonds. The highest BCUT2D eigenvalue weighted by atomic mass is 32.2. The zero-order chi connectivity index (χ0) is 22.4. The number of hydrogen-bond donors (Lipinski definition) is 3. The summed E-state index contributed by atoms with van der Waals surface area (Å²) in [6.07, 6.45) is 0.0959. The highest BCUT2D eigenvalue weighted by Gasteiger charge is 2.30. The number of phenols is 1. The summed E-state index contributed by atoms with van der Waals surface area (Å²) >= 11 is 1.12. The normalized spacial score (nSPS) is 15.8. The Hall–Kier alpha value is -3.44. The molecule has 31 heavy (non-hydrogen) atoms. The second kappa shape index (κ2) is 10.0. The molecular formula is C23H23N3O4S. The quantitative estimate of drug-likeness (QED) is 0.607. The van der Waals surface area contributed by atoms with Gasteiger partial charge in [0.1, 0.15) is 0 Å². The third-order valence-electron chi connectivity index (χ3n) is 4.81. The largest absolute Gasteiger partial charge is 0.504 e. The Bertz CT molecular complexity index is 1070. The minimum atomic E-state index is -0.486. The molecular weight excluding hydrogens is 414 g/mol. The van der Waals surface area contributed by atoms with Gasteiger partial charge >= 0.3 is 0 Å². The van der Waals surface area contributed by atoms with E-state index in [0.717, 1.165) is 23.0 Å². The molecule has 1 aliphatic heterocycles. The predicted molar refractivity (Wildman–Crippen MR) is 120 cm³/mol. The van der Waals surface area contributed by atoms with E-state index in [0.29, 0.717) is 28.5 Å². The molecule has 3 rings (SSSR count). The minimum absolute atomic E-state index is 0.00387. The first-order valence-corrected chi connectivity index (χ1v) is 10.8. The number of amides is 2. The third kappa shape index (κ3) is 5.38. The molecule has 1 unspecified atom stereocenters. The first kappa shape index (κ1) is 22.2. The number of aromatic hydroxyl groups is 1. The number of ether oxygens (including phenoxy) is 1. The van der Waals surface area contributed by atoms with Crippen molar-refractivity contribution in [1.29, 1.82) is 5.26 Å². The Morgan fingerprint density at radius 3 is 2.84 bits per heavy atom. The van der Waals surface area contributed by atoms with Crippen LogP contribution >= 0.6 is 11.8 Å². The van der Waals surface area contributed by atoms with E-state index in [1.807, 2.05) is 31.2 Å². The Labute approximate surface area is 185 Å². The van der Waals surface area contributed by atoms with Gasteiger partial charge in [-0.2, -0.15) is 5.26 Å². The number of rotatable bonds is 7. The van der Waals surface area contributed by atoms with Crippen LogP contribution in [0.2, 0.25) is 0 Å². The maximum Gasteiger partial charge on any atom is 0.234 e. The molecule has 1 atom stereocenters. The number of nitriles is 1. The molecule has 1 aliphatic rings. The maximum absolute atomic E-state index is 12.4. The summed E-state index contributed by atoms with van der Waals surface area (Å²) in [4.78, 5) is 24.7. The number of carbonyl (C=O) groups excluding carboxylic acids is 2. The van der Waals surface area contributed by atoms with Gasteiger partial charge in [-0.25, -0.2) is 0 Å². The van der Waals surface area contributed by atoms with E-state index in [1.165, 1.54) is 6.07 Å². The van der Waals surface area contributed by atoms with Gasteiger partial charge in [-0.05, 0) is 43.2 Å². The Kier molecular flexibility index (Phi) is 7.21. The molecule has 2 aromatic carbocycles. The lowest BCUT2D eigenvalue weighted by atomic mass is 9.87. The number of para-hydroxylation sites is 1. The van der Waals surface area contributed by atoms with Gasteiger partial charge in [-0.1, -0.05) is 36.0 Å². The summed E-state index contributed by atoms with van der Waals surface area (Å²) in [6, 6.07) is 14.4. The molecule has 0 aliphatic carbocycles. The van der Waals surface area contributed by atoms with Crippen LogP contribution in [0.1, 0.15) is 30.4 Å². The molecule has 1 heterocycles. The lowest BCUT2D eigenvalue weighted by Gasteiger charge is -2.25. The topological polar surface area (TPSA) is 111 Å². The number of hydrogen-bond acceptors (Lipinski definition) is 6. The van der Waals surface area contributed by atoms with E-state index in [1.54, 1.807) is 19.1 Å². The molecule has 160 valence electrons. The fourth-order valence-electron chi connectivity index (χ4n) is 3.27. The smallest absolute Gasteiger partial charge is 0.234 e. The molecule has 8 heteroatoms. The predicted octanol–water partition coefficient (Wildman–Crippen LogP) is 3.81. The summed E-state index contributed by atoms with van der Waals surface area (Å²) in [5, 5.41) is 25.7. The van der Waals surface area contributed by atoms with Crippen LogP contribution in [-0.4, -0.2) is 29.3 Å². The van der Waals surface area contributed by atoms with Crippen LogP contribution in [0, 0.1) is 18.3 Å². The van der Waals surface area contributed by atoms with Gasteiger partial charge in [0.15, 0.2) is 11.5 Å². The number of carbonyl (C=O) groups is 2. The van der Waals surface area contributed by atoms with Gasteiger partial charge in [0.25, 0.3) is 0 Å². The van der Waals surface area contributed by atoms with Crippen LogP contribution in [0.15, 0.2) is 53.1 Å². The van der Waals surface area contributed by atoms with Gasteiger partial charge in [-0.15, -0.1) is 0 Å². The van der Waals surface area contributed by atoms with Gasteiger partial charge in [0.05, 0.1) is 29.0 Å². The SMILES string of the molecule is CCOc1cc(C2CC(=O)NC(SCC(=O)Nc3ccccc3C)=C2C#N)ccc1O. The zero-order valence-corrected chi connectivity index (χ0v) is 18.1. The summed E-state index contributed by atoms with van der Waals surface area (Å²) in [5.74, 6) is -0.617. The van der Waals surface area contributed by atoms with Gasteiger partial charge in [0, 0.05) is 18.0 Å². The van der Waals surface area contributed by atoms with Gasteiger partial charge in [0.2, 0.25) is 11.8 Å².